The van der Waals surface area contributed by atoms with Gasteiger partial charge in [-0.1, -0.05) is 13.8 Å². The quantitative estimate of drug-likeness (QED) is 0.759. The van der Waals surface area contributed by atoms with E-state index in [2.05, 4.69) is 23.9 Å². The Bertz CT molecular complexity index is 586. The summed E-state index contributed by atoms with van der Waals surface area (Å²) in [5, 5.41) is 3.25. The second-order valence-electron chi connectivity index (χ2n) is 6.09. The molecule has 1 fully saturated rings. The van der Waals surface area contributed by atoms with Crippen LogP contribution in [-0.2, 0) is 16.6 Å². The van der Waals surface area contributed by atoms with Crippen LogP contribution >= 0.6 is 0 Å². The van der Waals surface area contributed by atoms with Crippen LogP contribution in [0.4, 0.5) is 0 Å². The van der Waals surface area contributed by atoms with E-state index in [9.17, 15) is 8.42 Å². The fourth-order valence-electron chi connectivity index (χ4n) is 2.93. The Hall–Kier alpha value is -0.850. The molecule has 0 spiro atoms. The second kappa shape index (κ2) is 6.50. The monoisotopic (exact) mass is 314 g/mol. The largest absolute Gasteiger partial charge is 0.465 e. The SMILES string of the molecule is CCCNCc1c(C)oc(C)c1S(=O)(=O)NC1CC(C)C1. The third-order valence-corrected chi connectivity index (χ3v) is 5.73. The predicted molar refractivity (Wildman–Crippen MR) is 82.7 cm³/mol. The normalized spacial score (nSPS) is 22.3. The highest BCUT2D eigenvalue weighted by Gasteiger charge is 2.33. The van der Waals surface area contributed by atoms with Gasteiger partial charge in [0.25, 0.3) is 0 Å². The Morgan fingerprint density at radius 3 is 2.48 bits per heavy atom. The molecule has 0 amide bonds. The van der Waals surface area contributed by atoms with Gasteiger partial charge < -0.3 is 9.73 Å². The first-order chi connectivity index (χ1) is 9.85. The summed E-state index contributed by atoms with van der Waals surface area (Å²) in [5.74, 6) is 1.76. The maximum absolute atomic E-state index is 12.6. The minimum absolute atomic E-state index is 0.0658. The molecule has 120 valence electrons. The number of sulfonamides is 1. The van der Waals surface area contributed by atoms with E-state index >= 15 is 0 Å². The zero-order valence-corrected chi connectivity index (χ0v) is 14.1. The lowest BCUT2D eigenvalue weighted by Gasteiger charge is -2.32. The first-order valence-corrected chi connectivity index (χ1v) is 9.15. The van der Waals surface area contributed by atoms with Crippen molar-refractivity contribution in [1.82, 2.24) is 10.0 Å². The highest BCUT2D eigenvalue weighted by molar-refractivity contribution is 7.89. The first-order valence-electron chi connectivity index (χ1n) is 7.67. The zero-order chi connectivity index (χ0) is 15.6. The minimum atomic E-state index is -3.51. The van der Waals surface area contributed by atoms with E-state index in [0.717, 1.165) is 31.4 Å². The predicted octanol–water partition coefficient (Wildman–Crippen LogP) is 2.47. The molecule has 5 nitrogen and oxygen atoms in total. The topological polar surface area (TPSA) is 71.3 Å². The lowest BCUT2D eigenvalue weighted by molar-refractivity contribution is 0.270. The van der Waals surface area contributed by atoms with Crippen LogP contribution in [0, 0.1) is 19.8 Å². The van der Waals surface area contributed by atoms with Crippen LogP contribution in [-0.4, -0.2) is 21.0 Å². The van der Waals surface area contributed by atoms with Gasteiger partial charge in [-0.25, -0.2) is 13.1 Å². The van der Waals surface area contributed by atoms with Crippen molar-refractivity contribution >= 4 is 10.0 Å². The molecule has 0 atom stereocenters. The summed E-state index contributed by atoms with van der Waals surface area (Å²) in [4.78, 5) is 0.322. The van der Waals surface area contributed by atoms with Crippen LogP contribution in [0.15, 0.2) is 9.31 Å². The van der Waals surface area contributed by atoms with E-state index in [4.69, 9.17) is 4.42 Å². The number of hydrogen-bond acceptors (Lipinski definition) is 4. The van der Waals surface area contributed by atoms with Gasteiger partial charge in [0, 0.05) is 18.2 Å². The van der Waals surface area contributed by atoms with Crippen LogP contribution in [0.25, 0.3) is 0 Å². The van der Waals surface area contributed by atoms with Gasteiger partial charge in [0.2, 0.25) is 10.0 Å². The molecule has 0 saturated heterocycles. The molecule has 1 aliphatic rings. The van der Waals surface area contributed by atoms with E-state index in [-0.39, 0.29) is 6.04 Å². The highest BCUT2D eigenvalue weighted by Crippen LogP contribution is 2.31. The van der Waals surface area contributed by atoms with Crippen LogP contribution in [0.3, 0.4) is 0 Å². The van der Waals surface area contributed by atoms with Crippen molar-refractivity contribution in [3.05, 3.63) is 17.1 Å². The smallest absolute Gasteiger partial charge is 0.244 e. The van der Waals surface area contributed by atoms with Gasteiger partial charge in [-0.15, -0.1) is 0 Å². The van der Waals surface area contributed by atoms with Gasteiger partial charge >= 0.3 is 0 Å². The van der Waals surface area contributed by atoms with E-state index in [0.29, 0.717) is 28.9 Å². The van der Waals surface area contributed by atoms with Crippen LogP contribution in [0.5, 0.6) is 0 Å². The molecule has 1 saturated carbocycles. The summed E-state index contributed by atoms with van der Waals surface area (Å²) in [5.41, 5.74) is 0.751. The Balaban J connectivity index is 2.20. The standard InChI is InChI=1S/C15H26N2O3S/c1-5-6-16-9-14-11(3)20-12(4)15(14)21(18,19)17-13-7-10(2)8-13/h10,13,16-17H,5-9H2,1-4H3. The number of aryl methyl sites for hydroxylation is 2. The molecule has 21 heavy (non-hydrogen) atoms. The van der Waals surface area contributed by atoms with Crippen molar-refractivity contribution in [1.29, 1.82) is 0 Å². The highest BCUT2D eigenvalue weighted by atomic mass is 32.2. The third-order valence-electron chi connectivity index (χ3n) is 4.02. The summed E-state index contributed by atoms with van der Waals surface area (Å²) < 4.78 is 33.6. The van der Waals surface area contributed by atoms with Gasteiger partial charge in [0.1, 0.15) is 16.4 Å². The summed E-state index contributed by atoms with van der Waals surface area (Å²) in [7, 11) is -3.51. The van der Waals surface area contributed by atoms with Crippen molar-refractivity contribution in [2.24, 2.45) is 5.92 Å². The first kappa shape index (κ1) is 16.5. The number of furan rings is 1. The van der Waals surface area contributed by atoms with Gasteiger partial charge in [-0.2, -0.15) is 0 Å². The molecular formula is C15H26N2O3S. The lowest BCUT2D eigenvalue weighted by Crippen LogP contribution is -2.43. The van der Waals surface area contributed by atoms with Crippen LogP contribution in [0.1, 0.15) is 50.2 Å². The van der Waals surface area contributed by atoms with Crippen molar-refractivity contribution in [3.8, 4) is 0 Å². The number of nitrogens with one attached hydrogen (secondary N) is 2. The molecule has 0 aliphatic heterocycles. The van der Waals surface area contributed by atoms with E-state index < -0.39 is 10.0 Å². The van der Waals surface area contributed by atoms with Crippen molar-refractivity contribution < 1.29 is 12.8 Å². The lowest BCUT2D eigenvalue weighted by atomic mass is 9.83. The maximum Gasteiger partial charge on any atom is 0.244 e. The minimum Gasteiger partial charge on any atom is -0.465 e. The Kier molecular flexibility index (Phi) is 5.11. The molecule has 6 heteroatoms. The summed E-state index contributed by atoms with van der Waals surface area (Å²) >= 11 is 0. The van der Waals surface area contributed by atoms with Crippen LogP contribution in [0.2, 0.25) is 0 Å². The van der Waals surface area contributed by atoms with Crippen molar-refractivity contribution in [2.45, 2.75) is 64.4 Å². The molecule has 1 aliphatic carbocycles. The van der Waals surface area contributed by atoms with Gasteiger partial charge in [0.15, 0.2) is 0 Å². The summed E-state index contributed by atoms with van der Waals surface area (Å²) in [6, 6.07) is 0.0658. The molecule has 0 radical (unpaired) electrons. The molecule has 0 bridgehead atoms. The Labute approximate surface area is 127 Å². The number of rotatable bonds is 7. The molecular weight excluding hydrogens is 288 g/mol. The van der Waals surface area contributed by atoms with Gasteiger partial charge in [-0.3, -0.25) is 0 Å². The zero-order valence-electron chi connectivity index (χ0n) is 13.3. The molecule has 2 N–H and O–H groups in total. The maximum atomic E-state index is 12.6. The average molecular weight is 314 g/mol. The molecule has 0 aromatic carbocycles. The average Bonchev–Trinajstić information content (AvgIpc) is 2.63. The number of hydrogen-bond donors (Lipinski definition) is 2. The summed E-state index contributed by atoms with van der Waals surface area (Å²) in [6.45, 7) is 9.13. The third kappa shape index (κ3) is 3.67. The molecule has 1 aromatic heterocycles. The van der Waals surface area contributed by atoms with Crippen molar-refractivity contribution in [2.75, 3.05) is 6.54 Å². The van der Waals surface area contributed by atoms with E-state index in [1.54, 1.807) is 6.92 Å². The molecule has 0 unspecified atom stereocenters. The van der Waals surface area contributed by atoms with Gasteiger partial charge in [-0.05, 0) is 45.6 Å². The van der Waals surface area contributed by atoms with Gasteiger partial charge in [0.05, 0.1) is 0 Å². The summed E-state index contributed by atoms with van der Waals surface area (Å²) in [6.07, 6.45) is 2.84. The Morgan fingerprint density at radius 1 is 1.24 bits per heavy atom. The molecule has 1 aromatic rings. The van der Waals surface area contributed by atoms with E-state index in [1.807, 2.05) is 6.92 Å². The van der Waals surface area contributed by atoms with Crippen LogP contribution < -0.4 is 10.0 Å². The molecule has 1 heterocycles. The van der Waals surface area contributed by atoms with E-state index in [1.165, 1.54) is 0 Å². The Morgan fingerprint density at radius 2 is 1.90 bits per heavy atom. The second-order valence-corrected chi connectivity index (χ2v) is 7.74. The van der Waals surface area contributed by atoms with Crippen molar-refractivity contribution in [3.63, 3.8) is 0 Å². The fourth-order valence-corrected chi connectivity index (χ4v) is 4.64. The molecule has 2 rings (SSSR count). The fraction of sp³-hybridized carbons (Fsp3) is 0.733.